The number of carbonyl (C=O) groups excluding carboxylic acids is 1. The van der Waals surface area contributed by atoms with Crippen molar-refractivity contribution in [2.24, 2.45) is 0 Å². The quantitative estimate of drug-likeness (QED) is 0.736. The van der Waals surface area contributed by atoms with Crippen LogP contribution in [-0.2, 0) is 24.2 Å². The summed E-state index contributed by atoms with van der Waals surface area (Å²) in [5, 5.41) is 13.3. The molecule has 3 N–H and O–H groups in total. The van der Waals surface area contributed by atoms with Crippen LogP contribution in [0.25, 0.3) is 0 Å². The van der Waals surface area contributed by atoms with Crippen LogP contribution in [0.2, 0.25) is 0 Å². The molecular weight excluding hydrogens is 334 g/mol. The standard InChI is InChI=1S/C18H23N5O3/c24-18(17-14-11-19-5-2-15(14)22-23-17)21-10-12-1-6-20-16(9-12)26-13-3-7-25-8-4-13/h1,6,9,13,19H,2-5,7-8,10-11H2,(H,21,24)(H,22,23). The Morgan fingerprint density at radius 3 is 3.15 bits per heavy atom. The summed E-state index contributed by atoms with van der Waals surface area (Å²) in [5.74, 6) is 0.417. The fraction of sp³-hybridized carbons (Fsp3) is 0.500. The third-order valence-electron chi connectivity index (χ3n) is 4.73. The number of hydrogen-bond donors (Lipinski definition) is 3. The van der Waals surface area contributed by atoms with Gasteiger partial charge in [-0.2, -0.15) is 5.10 Å². The minimum absolute atomic E-state index is 0.143. The predicted octanol–water partition coefficient (Wildman–Crippen LogP) is 0.938. The zero-order valence-electron chi connectivity index (χ0n) is 14.6. The van der Waals surface area contributed by atoms with Crippen molar-refractivity contribution in [2.75, 3.05) is 19.8 Å². The zero-order valence-corrected chi connectivity index (χ0v) is 14.6. The molecule has 1 fully saturated rings. The van der Waals surface area contributed by atoms with Crippen LogP contribution in [0.5, 0.6) is 5.88 Å². The molecule has 2 aromatic heterocycles. The first-order valence-electron chi connectivity index (χ1n) is 9.04. The van der Waals surface area contributed by atoms with Crippen molar-refractivity contribution in [1.29, 1.82) is 0 Å². The van der Waals surface area contributed by atoms with E-state index in [0.29, 0.717) is 24.7 Å². The second-order valence-electron chi connectivity index (χ2n) is 6.57. The molecule has 2 aliphatic heterocycles. The number of H-pyrrole nitrogens is 1. The van der Waals surface area contributed by atoms with Crippen LogP contribution >= 0.6 is 0 Å². The van der Waals surface area contributed by atoms with Crippen molar-refractivity contribution >= 4 is 5.91 Å². The van der Waals surface area contributed by atoms with Gasteiger partial charge in [-0.25, -0.2) is 4.98 Å². The molecule has 2 aromatic rings. The van der Waals surface area contributed by atoms with Gasteiger partial charge in [-0.3, -0.25) is 9.89 Å². The van der Waals surface area contributed by atoms with Gasteiger partial charge in [-0.1, -0.05) is 0 Å². The van der Waals surface area contributed by atoms with Gasteiger partial charge in [0.05, 0.1) is 13.2 Å². The topological polar surface area (TPSA) is 101 Å². The number of carbonyl (C=O) groups is 1. The number of hydrogen-bond acceptors (Lipinski definition) is 6. The van der Waals surface area contributed by atoms with Crippen molar-refractivity contribution < 1.29 is 14.3 Å². The highest BCUT2D eigenvalue weighted by atomic mass is 16.5. The molecule has 1 saturated heterocycles. The molecule has 8 nitrogen and oxygen atoms in total. The molecule has 0 radical (unpaired) electrons. The fourth-order valence-electron chi connectivity index (χ4n) is 3.27. The molecule has 8 heteroatoms. The number of nitrogens with zero attached hydrogens (tertiary/aromatic N) is 2. The van der Waals surface area contributed by atoms with Crippen molar-refractivity contribution in [3.05, 3.63) is 40.8 Å². The van der Waals surface area contributed by atoms with E-state index in [1.54, 1.807) is 6.20 Å². The first kappa shape index (κ1) is 17.0. The SMILES string of the molecule is O=C(NCc1ccnc(OC2CCOCC2)c1)c1n[nH]c2c1CNCC2. The third-order valence-corrected chi connectivity index (χ3v) is 4.73. The van der Waals surface area contributed by atoms with Crippen LogP contribution in [-0.4, -0.2) is 47.0 Å². The molecule has 0 saturated carbocycles. The second-order valence-corrected chi connectivity index (χ2v) is 6.57. The van der Waals surface area contributed by atoms with Crippen molar-refractivity contribution in [3.63, 3.8) is 0 Å². The maximum absolute atomic E-state index is 12.5. The summed E-state index contributed by atoms with van der Waals surface area (Å²) in [6.07, 6.45) is 4.47. The zero-order chi connectivity index (χ0) is 17.8. The summed E-state index contributed by atoms with van der Waals surface area (Å²) in [6.45, 7) is 3.43. The number of nitrogens with one attached hydrogen (secondary N) is 3. The Hall–Kier alpha value is -2.45. The van der Waals surface area contributed by atoms with Gasteiger partial charge in [0.1, 0.15) is 6.10 Å². The highest BCUT2D eigenvalue weighted by Gasteiger charge is 2.21. The number of ether oxygens (including phenoxy) is 2. The first-order valence-corrected chi connectivity index (χ1v) is 9.04. The van der Waals surface area contributed by atoms with Crippen LogP contribution in [0, 0.1) is 0 Å². The van der Waals surface area contributed by atoms with Crippen LogP contribution < -0.4 is 15.4 Å². The molecule has 138 valence electrons. The predicted molar refractivity (Wildman–Crippen MR) is 93.9 cm³/mol. The lowest BCUT2D eigenvalue weighted by Gasteiger charge is -2.22. The van der Waals surface area contributed by atoms with E-state index in [4.69, 9.17) is 9.47 Å². The van der Waals surface area contributed by atoms with Crippen LogP contribution in [0.4, 0.5) is 0 Å². The number of aromatic amines is 1. The summed E-state index contributed by atoms with van der Waals surface area (Å²) in [7, 11) is 0. The largest absolute Gasteiger partial charge is 0.474 e. The van der Waals surface area contributed by atoms with E-state index >= 15 is 0 Å². The minimum Gasteiger partial charge on any atom is -0.474 e. The molecule has 0 spiro atoms. The number of pyridine rings is 1. The van der Waals surface area contributed by atoms with Gasteiger partial charge in [0.15, 0.2) is 5.69 Å². The fourth-order valence-corrected chi connectivity index (χ4v) is 3.27. The monoisotopic (exact) mass is 357 g/mol. The van der Waals surface area contributed by atoms with Gasteiger partial charge in [-0.05, 0) is 11.6 Å². The van der Waals surface area contributed by atoms with Crippen molar-refractivity contribution in [2.45, 2.75) is 38.5 Å². The number of aromatic nitrogens is 3. The highest BCUT2D eigenvalue weighted by molar-refractivity contribution is 5.94. The molecule has 0 aliphatic carbocycles. The van der Waals surface area contributed by atoms with E-state index < -0.39 is 0 Å². The van der Waals surface area contributed by atoms with E-state index in [1.807, 2.05) is 12.1 Å². The van der Waals surface area contributed by atoms with E-state index in [2.05, 4.69) is 25.8 Å². The molecular formula is C18H23N5O3. The van der Waals surface area contributed by atoms with Crippen LogP contribution in [0.1, 0.15) is 40.2 Å². The molecule has 0 unspecified atom stereocenters. The molecule has 4 heterocycles. The molecule has 1 amide bonds. The molecule has 0 atom stereocenters. The summed E-state index contributed by atoms with van der Waals surface area (Å²) < 4.78 is 11.3. The van der Waals surface area contributed by atoms with Crippen LogP contribution in [0.3, 0.4) is 0 Å². The summed E-state index contributed by atoms with van der Waals surface area (Å²) in [5.41, 5.74) is 3.43. The Bertz CT molecular complexity index is 770. The van der Waals surface area contributed by atoms with E-state index in [0.717, 1.165) is 55.8 Å². The number of fused-ring (bicyclic) bond motifs is 1. The maximum atomic E-state index is 12.5. The molecule has 0 aromatic carbocycles. The number of rotatable bonds is 5. The van der Waals surface area contributed by atoms with E-state index in [-0.39, 0.29) is 12.0 Å². The lowest BCUT2D eigenvalue weighted by Crippen LogP contribution is -2.28. The lowest BCUT2D eigenvalue weighted by molar-refractivity contribution is 0.0237. The van der Waals surface area contributed by atoms with Crippen molar-refractivity contribution in [1.82, 2.24) is 25.8 Å². The average Bonchev–Trinajstić information content (AvgIpc) is 3.11. The molecule has 2 aliphatic rings. The van der Waals surface area contributed by atoms with Gasteiger partial charge in [-0.15, -0.1) is 0 Å². The van der Waals surface area contributed by atoms with Gasteiger partial charge in [0, 0.05) is 62.4 Å². The second kappa shape index (κ2) is 7.84. The summed E-state index contributed by atoms with van der Waals surface area (Å²) in [4.78, 5) is 16.7. The Morgan fingerprint density at radius 1 is 1.38 bits per heavy atom. The van der Waals surface area contributed by atoms with E-state index in [9.17, 15) is 4.79 Å². The maximum Gasteiger partial charge on any atom is 0.272 e. The van der Waals surface area contributed by atoms with Gasteiger partial charge in [0.2, 0.25) is 5.88 Å². The first-order chi connectivity index (χ1) is 12.8. The van der Waals surface area contributed by atoms with Crippen LogP contribution in [0.15, 0.2) is 18.3 Å². The third kappa shape index (κ3) is 3.86. The smallest absolute Gasteiger partial charge is 0.272 e. The lowest BCUT2D eigenvalue weighted by atomic mass is 10.1. The summed E-state index contributed by atoms with van der Waals surface area (Å²) >= 11 is 0. The average molecular weight is 357 g/mol. The Balaban J connectivity index is 1.36. The summed E-state index contributed by atoms with van der Waals surface area (Å²) in [6, 6.07) is 3.75. The molecule has 26 heavy (non-hydrogen) atoms. The van der Waals surface area contributed by atoms with E-state index in [1.165, 1.54) is 0 Å². The highest BCUT2D eigenvalue weighted by Crippen LogP contribution is 2.18. The normalized spacial score (nSPS) is 17.5. The Morgan fingerprint density at radius 2 is 2.27 bits per heavy atom. The molecule has 4 rings (SSSR count). The minimum atomic E-state index is -0.171. The molecule has 0 bridgehead atoms. The number of amides is 1. The Kier molecular flexibility index (Phi) is 5.12. The van der Waals surface area contributed by atoms with Gasteiger partial charge < -0.3 is 20.1 Å². The van der Waals surface area contributed by atoms with Gasteiger partial charge in [0.25, 0.3) is 5.91 Å². The Labute approximate surface area is 151 Å². The van der Waals surface area contributed by atoms with Gasteiger partial charge >= 0.3 is 0 Å². The van der Waals surface area contributed by atoms with Crippen molar-refractivity contribution in [3.8, 4) is 5.88 Å².